The molecule has 0 aliphatic rings. The predicted octanol–water partition coefficient (Wildman–Crippen LogP) is 2.26. The van der Waals surface area contributed by atoms with Crippen LogP contribution in [-0.2, 0) is 0 Å². The van der Waals surface area contributed by atoms with E-state index in [0.717, 1.165) is 5.69 Å². The minimum atomic E-state index is 0.434. The highest BCUT2D eigenvalue weighted by molar-refractivity contribution is 5.54. The van der Waals surface area contributed by atoms with E-state index in [-0.39, 0.29) is 0 Å². The van der Waals surface area contributed by atoms with Crippen molar-refractivity contribution in [2.45, 2.75) is 13.8 Å². The van der Waals surface area contributed by atoms with Gasteiger partial charge in [0.15, 0.2) is 0 Å². The molecule has 0 heterocycles. The van der Waals surface area contributed by atoms with Gasteiger partial charge in [-0.1, -0.05) is 17.7 Å². The van der Waals surface area contributed by atoms with Crippen molar-refractivity contribution in [1.29, 1.82) is 5.26 Å². The lowest BCUT2D eigenvalue weighted by atomic mass is 10.1. The van der Waals surface area contributed by atoms with Gasteiger partial charge in [-0.2, -0.15) is 5.26 Å². The first-order chi connectivity index (χ1) is 6.15. The molecule has 0 unspecified atom stereocenters. The molecule has 0 atom stereocenters. The molecule has 0 radical (unpaired) electrons. The Kier molecular flexibility index (Phi) is 2.92. The average Bonchev–Trinajstić information content (AvgIpc) is 2.04. The highest BCUT2D eigenvalue weighted by Gasteiger charge is 2.02. The number of hydrogen-bond donors (Lipinski definition) is 0. The third-order valence-corrected chi connectivity index (χ3v) is 2.07. The van der Waals surface area contributed by atoms with Crippen LogP contribution in [0.1, 0.15) is 11.1 Å². The molecule has 0 fully saturated rings. The Balaban J connectivity index is 2.96. The van der Waals surface area contributed by atoms with Crippen molar-refractivity contribution in [1.82, 2.24) is 0 Å². The molecule has 0 saturated carbocycles. The molecule has 0 saturated heterocycles. The normalized spacial score (nSPS) is 9.38. The Hall–Kier alpha value is -1.49. The molecule has 2 nitrogen and oxygen atoms in total. The van der Waals surface area contributed by atoms with E-state index in [1.807, 2.05) is 11.9 Å². The fourth-order valence-electron chi connectivity index (χ4n) is 1.42. The second-order valence-electron chi connectivity index (χ2n) is 3.30. The Morgan fingerprint density at radius 2 is 2.08 bits per heavy atom. The molecular formula is C11H14N2. The molecule has 13 heavy (non-hydrogen) atoms. The van der Waals surface area contributed by atoms with Crippen molar-refractivity contribution in [3.05, 3.63) is 29.3 Å². The molecule has 0 aliphatic carbocycles. The summed E-state index contributed by atoms with van der Waals surface area (Å²) < 4.78 is 0. The Labute approximate surface area is 79.4 Å². The number of anilines is 1. The summed E-state index contributed by atoms with van der Waals surface area (Å²) in [7, 11) is 1.93. The standard InChI is InChI=1S/C11H14N2/c1-9-4-5-11(10(2)8-9)13(3)7-6-12/h4-5,8H,7H2,1-3H3. The van der Waals surface area contributed by atoms with Crippen molar-refractivity contribution in [3.63, 3.8) is 0 Å². The summed E-state index contributed by atoms with van der Waals surface area (Å²) in [4.78, 5) is 1.95. The predicted molar refractivity (Wildman–Crippen MR) is 54.8 cm³/mol. The number of nitriles is 1. The molecule has 0 aliphatic heterocycles. The molecule has 0 amide bonds. The molecule has 0 aromatic heterocycles. The van der Waals surface area contributed by atoms with Gasteiger partial charge >= 0.3 is 0 Å². The summed E-state index contributed by atoms with van der Waals surface area (Å²) in [6.07, 6.45) is 0. The van der Waals surface area contributed by atoms with Crippen LogP contribution in [0.15, 0.2) is 18.2 Å². The van der Waals surface area contributed by atoms with Crippen LogP contribution in [0.25, 0.3) is 0 Å². The first-order valence-corrected chi connectivity index (χ1v) is 4.30. The molecule has 68 valence electrons. The molecule has 1 rings (SSSR count). The lowest BCUT2D eigenvalue weighted by molar-refractivity contribution is 1.03. The van der Waals surface area contributed by atoms with E-state index >= 15 is 0 Å². The highest BCUT2D eigenvalue weighted by Crippen LogP contribution is 2.19. The van der Waals surface area contributed by atoms with Crippen LogP contribution >= 0.6 is 0 Å². The van der Waals surface area contributed by atoms with E-state index in [4.69, 9.17) is 5.26 Å². The van der Waals surface area contributed by atoms with Gasteiger partial charge in [0, 0.05) is 12.7 Å². The van der Waals surface area contributed by atoms with Gasteiger partial charge in [0.2, 0.25) is 0 Å². The Morgan fingerprint density at radius 1 is 1.38 bits per heavy atom. The number of nitrogens with zero attached hydrogens (tertiary/aromatic N) is 2. The maximum atomic E-state index is 8.55. The van der Waals surface area contributed by atoms with Crippen molar-refractivity contribution < 1.29 is 0 Å². The van der Waals surface area contributed by atoms with Crippen molar-refractivity contribution >= 4 is 5.69 Å². The summed E-state index contributed by atoms with van der Waals surface area (Å²) >= 11 is 0. The van der Waals surface area contributed by atoms with Gasteiger partial charge in [-0.15, -0.1) is 0 Å². The van der Waals surface area contributed by atoms with E-state index in [1.54, 1.807) is 0 Å². The van der Waals surface area contributed by atoms with Crippen molar-refractivity contribution in [3.8, 4) is 6.07 Å². The molecule has 2 heteroatoms. The van der Waals surface area contributed by atoms with Gasteiger partial charge in [-0.25, -0.2) is 0 Å². The largest absolute Gasteiger partial charge is 0.361 e. The summed E-state index contributed by atoms with van der Waals surface area (Å²) in [6.45, 7) is 4.57. The Morgan fingerprint density at radius 3 is 2.62 bits per heavy atom. The summed E-state index contributed by atoms with van der Waals surface area (Å²) in [5.74, 6) is 0. The zero-order valence-electron chi connectivity index (χ0n) is 8.33. The summed E-state index contributed by atoms with van der Waals surface area (Å²) in [5.41, 5.74) is 3.61. The molecule has 1 aromatic carbocycles. The van der Waals surface area contributed by atoms with E-state index in [9.17, 15) is 0 Å². The zero-order chi connectivity index (χ0) is 9.84. The van der Waals surface area contributed by atoms with Crippen LogP contribution in [0.3, 0.4) is 0 Å². The molecule has 0 spiro atoms. The van der Waals surface area contributed by atoms with Crippen LogP contribution in [-0.4, -0.2) is 13.6 Å². The van der Waals surface area contributed by atoms with Gasteiger partial charge in [0.1, 0.15) is 6.54 Å². The summed E-state index contributed by atoms with van der Waals surface area (Å²) in [5, 5.41) is 8.55. The van der Waals surface area contributed by atoms with Gasteiger partial charge in [0.05, 0.1) is 6.07 Å². The third-order valence-electron chi connectivity index (χ3n) is 2.07. The van der Waals surface area contributed by atoms with E-state index in [1.165, 1.54) is 11.1 Å². The lowest BCUT2D eigenvalue weighted by Crippen LogP contribution is -2.17. The maximum absolute atomic E-state index is 8.55. The van der Waals surface area contributed by atoms with E-state index in [0.29, 0.717) is 6.54 Å². The van der Waals surface area contributed by atoms with Gasteiger partial charge in [0.25, 0.3) is 0 Å². The number of hydrogen-bond acceptors (Lipinski definition) is 2. The monoisotopic (exact) mass is 174 g/mol. The first-order valence-electron chi connectivity index (χ1n) is 4.30. The minimum absolute atomic E-state index is 0.434. The molecule has 0 N–H and O–H groups in total. The Bertz CT molecular complexity index is 336. The smallest absolute Gasteiger partial charge is 0.105 e. The molecule has 1 aromatic rings. The van der Waals surface area contributed by atoms with Crippen LogP contribution in [0.2, 0.25) is 0 Å². The fourth-order valence-corrected chi connectivity index (χ4v) is 1.42. The highest BCUT2D eigenvalue weighted by atomic mass is 15.1. The minimum Gasteiger partial charge on any atom is -0.361 e. The number of benzene rings is 1. The van der Waals surface area contributed by atoms with E-state index < -0.39 is 0 Å². The average molecular weight is 174 g/mol. The fraction of sp³-hybridized carbons (Fsp3) is 0.364. The number of aryl methyl sites for hydroxylation is 2. The molecular weight excluding hydrogens is 160 g/mol. The second kappa shape index (κ2) is 3.95. The zero-order valence-corrected chi connectivity index (χ0v) is 8.33. The van der Waals surface area contributed by atoms with Gasteiger partial charge in [-0.3, -0.25) is 0 Å². The SMILES string of the molecule is Cc1ccc(N(C)CC#N)c(C)c1. The topological polar surface area (TPSA) is 27.0 Å². The van der Waals surface area contributed by atoms with Crippen LogP contribution in [0, 0.1) is 25.2 Å². The lowest BCUT2D eigenvalue weighted by Gasteiger charge is -2.18. The maximum Gasteiger partial charge on any atom is 0.105 e. The second-order valence-corrected chi connectivity index (χ2v) is 3.30. The quantitative estimate of drug-likeness (QED) is 0.643. The van der Waals surface area contributed by atoms with Crippen molar-refractivity contribution in [2.75, 3.05) is 18.5 Å². The third kappa shape index (κ3) is 2.22. The van der Waals surface area contributed by atoms with Crippen LogP contribution in [0.4, 0.5) is 5.69 Å². The summed E-state index contributed by atoms with van der Waals surface area (Å²) in [6, 6.07) is 8.39. The van der Waals surface area contributed by atoms with Gasteiger partial charge in [-0.05, 0) is 25.5 Å². The first kappa shape index (κ1) is 9.60. The molecule has 0 bridgehead atoms. The number of rotatable bonds is 2. The van der Waals surface area contributed by atoms with Crippen LogP contribution in [0.5, 0.6) is 0 Å². The van der Waals surface area contributed by atoms with E-state index in [2.05, 4.69) is 38.1 Å². The van der Waals surface area contributed by atoms with Crippen LogP contribution < -0.4 is 4.90 Å². The van der Waals surface area contributed by atoms with Crippen molar-refractivity contribution in [2.24, 2.45) is 0 Å². The van der Waals surface area contributed by atoms with Gasteiger partial charge < -0.3 is 4.90 Å².